The highest BCUT2D eigenvalue weighted by Crippen LogP contribution is 2.16. The van der Waals surface area contributed by atoms with Gasteiger partial charge in [-0.3, -0.25) is 0 Å². The first kappa shape index (κ1) is 27.1. The van der Waals surface area contributed by atoms with E-state index in [-0.39, 0.29) is 0 Å². The number of nitrogens with zero attached hydrogens (tertiary/aromatic N) is 1. The number of quaternary nitrogens is 1. The monoisotopic (exact) mass is 360 g/mol. The molecule has 0 unspecified atom stereocenters. The molecule has 0 saturated heterocycles. The maximum absolute atomic E-state index is 8.11. The van der Waals surface area contributed by atoms with Crippen molar-refractivity contribution in [2.24, 2.45) is 0 Å². The number of hydrogen-bond donors (Lipinski definition) is 2. The molecule has 0 spiro atoms. The summed E-state index contributed by atoms with van der Waals surface area (Å²) < 4.78 is 5.81. The summed E-state index contributed by atoms with van der Waals surface area (Å²) in [5, 5.41) is 16.2. The maximum Gasteiger partial charge on any atom is 0.633 e. The van der Waals surface area contributed by atoms with Crippen molar-refractivity contribution in [2.75, 3.05) is 32.8 Å². The SMILES string of the molecule is CCCCOB(O)O.CCCC[N+](CCCC)(CCCC)CCCC. The van der Waals surface area contributed by atoms with Crippen LogP contribution in [0.1, 0.15) is 98.8 Å². The van der Waals surface area contributed by atoms with Gasteiger partial charge in [0.2, 0.25) is 0 Å². The first-order chi connectivity index (χ1) is 12.0. The summed E-state index contributed by atoms with van der Waals surface area (Å²) in [7, 11) is -1.60. The number of unbranched alkanes of at least 4 members (excludes halogenated alkanes) is 5. The third-order valence-corrected chi connectivity index (χ3v) is 4.71. The second-order valence-electron chi connectivity index (χ2n) is 7.20. The molecule has 0 aliphatic carbocycles. The molecule has 0 aliphatic rings. The van der Waals surface area contributed by atoms with Crippen molar-refractivity contribution in [1.82, 2.24) is 0 Å². The lowest BCUT2D eigenvalue weighted by Crippen LogP contribution is -2.50. The molecule has 5 heteroatoms. The van der Waals surface area contributed by atoms with Gasteiger partial charge >= 0.3 is 7.32 Å². The molecule has 0 aromatic rings. The van der Waals surface area contributed by atoms with Gasteiger partial charge in [-0.15, -0.1) is 0 Å². The third-order valence-electron chi connectivity index (χ3n) is 4.71. The lowest BCUT2D eigenvalue weighted by atomic mass is 10.1. The van der Waals surface area contributed by atoms with Gasteiger partial charge in [0.1, 0.15) is 0 Å². The molecular formula is C20H47BNO3+. The van der Waals surface area contributed by atoms with Crippen molar-refractivity contribution in [3.05, 3.63) is 0 Å². The van der Waals surface area contributed by atoms with Gasteiger partial charge in [-0.1, -0.05) is 66.7 Å². The predicted octanol–water partition coefficient (Wildman–Crippen LogP) is 4.78. The molecule has 0 saturated carbocycles. The van der Waals surface area contributed by atoms with Crippen LogP contribution < -0.4 is 0 Å². The Morgan fingerprint density at radius 2 is 0.920 bits per heavy atom. The van der Waals surface area contributed by atoms with E-state index in [0.717, 1.165) is 12.8 Å². The molecule has 25 heavy (non-hydrogen) atoms. The summed E-state index contributed by atoms with van der Waals surface area (Å²) in [5.74, 6) is 0. The first-order valence-corrected chi connectivity index (χ1v) is 10.8. The topological polar surface area (TPSA) is 49.7 Å². The highest BCUT2D eigenvalue weighted by atomic mass is 16.6. The number of hydrogen-bond acceptors (Lipinski definition) is 3. The van der Waals surface area contributed by atoms with Gasteiger partial charge in [-0.05, 0) is 32.1 Å². The molecule has 0 rings (SSSR count). The lowest BCUT2D eigenvalue weighted by molar-refractivity contribution is -0.929. The average Bonchev–Trinajstić information content (AvgIpc) is 2.61. The van der Waals surface area contributed by atoms with E-state index in [4.69, 9.17) is 10.0 Å². The van der Waals surface area contributed by atoms with Crippen LogP contribution in [0.4, 0.5) is 0 Å². The molecule has 0 heterocycles. The lowest BCUT2D eigenvalue weighted by Gasteiger charge is -2.39. The Morgan fingerprint density at radius 1 is 0.600 bits per heavy atom. The zero-order valence-corrected chi connectivity index (χ0v) is 17.9. The van der Waals surface area contributed by atoms with E-state index >= 15 is 0 Å². The van der Waals surface area contributed by atoms with Crippen LogP contribution in [0.15, 0.2) is 0 Å². The Kier molecular flexibility index (Phi) is 21.9. The Labute approximate surface area is 158 Å². The van der Waals surface area contributed by atoms with E-state index in [1.807, 2.05) is 6.92 Å². The second kappa shape index (κ2) is 20.2. The summed E-state index contributed by atoms with van der Waals surface area (Å²) in [4.78, 5) is 0. The fraction of sp³-hybridized carbons (Fsp3) is 1.00. The minimum absolute atomic E-state index is 0.425. The molecule has 0 aromatic carbocycles. The van der Waals surface area contributed by atoms with Crippen LogP contribution in [0, 0.1) is 0 Å². The van der Waals surface area contributed by atoms with Gasteiger partial charge in [0.15, 0.2) is 0 Å². The maximum atomic E-state index is 8.11. The molecular weight excluding hydrogens is 313 g/mol. The highest BCUT2D eigenvalue weighted by molar-refractivity contribution is 6.32. The van der Waals surface area contributed by atoms with Crippen molar-refractivity contribution < 1.29 is 19.2 Å². The summed E-state index contributed by atoms with van der Waals surface area (Å²) in [6, 6.07) is 0. The molecule has 0 atom stereocenters. The largest absolute Gasteiger partial charge is 0.633 e. The van der Waals surface area contributed by atoms with Gasteiger partial charge in [-0.25, -0.2) is 0 Å². The summed E-state index contributed by atoms with van der Waals surface area (Å²) in [6.07, 6.45) is 12.9. The molecule has 0 aromatic heterocycles. The summed E-state index contributed by atoms with van der Waals surface area (Å²) in [5.41, 5.74) is 0. The normalized spacial score (nSPS) is 11.2. The number of rotatable bonds is 16. The molecule has 0 bridgehead atoms. The average molecular weight is 360 g/mol. The Balaban J connectivity index is 0. The quantitative estimate of drug-likeness (QED) is 0.237. The highest BCUT2D eigenvalue weighted by Gasteiger charge is 2.24. The van der Waals surface area contributed by atoms with E-state index in [0.29, 0.717) is 6.61 Å². The first-order valence-electron chi connectivity index (χ1n) is 10.8. The van der Waals surface area contributed by atoms with Crippen molar-refractivity contribution in [1.29, 1.82) is 0 Å². The standard InChI is InChI=1S/C16H36N.C4H11BO3/c1-5-9-13-17(14-10-6-2,15-11-7-3)16-12-8-4;1-2-3-4-8-5(6)7/h5-16H2,1-4H3;6-7H,2-4H2,1H3/q+1;. The second-order valence-corrected chi connectivity index (χ2v) is 7.20. The van der Waals surface area contributed by atoms with Crippen LogP contribution in [0.3, 0.4) is 0 Å². The van der Waals surface area contributed by atoms with Gasteiger partial charge in [0.25, 0.3) is 0 Å². The predicted molar refractivity (Wildman–Crippen MR) is 110 cm³/mol. The van der Waals surface area contributed by atoms with Gasteiger partial charge in [0, 0.05) is 6.61 Å². The van der Waals surface area contributed by atoms with E-state index in [1.54, 1.807) is 0 Å². The molecule has 152 valence electrons. The van der Waals surface area contributed by atoms with Crippen LogP contribution in [-0.4, -0.2) is 54.6 Å². The zero-order valence-electron chi connectivity index (χ0n) is 17.9. The van der Waals surface area contributed by atoms with Crippen LogP contribution >= 0.6 is 0 Å². The van der Waals surface area contributed by atoms with E-state index in [1.165, 1.54) is 82.0 Å². The Morgan fingerprint density at radius 3 is 1.16 bits per heavy atom. The minimum Gasteiger partial charge on any atom is -0.402 e. The Hall–Kier alpha value is -0.0951. The van der Waals surface area contributed by atoms with Gasteiger partial charge < -0.3 is 19.2 Å². The smallest absolute Gasteiger partial charge is 0.402 e. The molecule has 0 radical (unpaired) electrons. The van der Waals surface area contributed by atoms with Crippen LogP contribution in [0.2, 0.25) is 0 Å². The van der Waals surface area contributed by atoms with Crippen LogP contribution in [0.25, 0.3) is 0 Å². The fourth-order valence-electron chi connectivity index (χ4n) is 2.98. The minimum atomic E-state index is -1.60. The van der Waals surface area contributed by atoms with Crippen molar-refractivity contribution in [2.45, 2.75) is 98.8 Å². The summed E-state index contributed by atoms with van der Waals surface area (Å²) in [6.45, 7) is 17.5. The van der Waals surface area contributed by atoms with E-state index in [2.05, 4.69) is 32.3 Å². The van der Waals surface area contributed by atoms with Crippen LogP contribution in [0.5, 0.6) is 0 Å². The van der Waals surface area contributed by atoms with Crippen molar-refractivity contribution >= 4 is 7.32 Å². The molecule has 0 amide bonds. The molecule has 4 nitrogen and oxygen atoms in total. The van der Waals surface area contributed by atoms with Gasteiger partial charge in [0.05, 0.1) is 26.2 Å². The van der Waals surface area contributed by atoms with Crippen LogP contribution in [-0.2, 0) is 4.65 Å². The Bertz CT molecular complexity index is 216. The van der Waals surface area contributed by atoms with E-state index < -0.39 is 7.32 Å². The van der Waals surface area contributed by atoms with Gasteiger partial charge in [-0.2, -0.15) is 0 Å². The van der Waals surface area contributed by atoms with Crippen molar-refractivity contribution in [3.8, 4) is 0 Å². The third kappa shape index (κ3) is 18.5. The zero-order chi connectivity index (χ0) is 19.4. The van der Waals surface area contributed by atoms with E-state index in [9.17, 15) is 0 Å². The molecule has 0 fully saturated rings. The summed E-state index contributed by atoms with van der Waals surface area (Å²) >= 11 is 0. The fourth-order valence-corrected chi connectivity index (χ4v) is 2.98. The van der Waals surface area contributed by atoms with Crippen molar-refractivity contribution in [3.63, 3.8) is 0 Å². The molecule has 2 N–H and O–H groups in total. The molecule has 0 aliphatic heterocycles.